The minimum atomic E-state index is -1.33. The van der Waals surface area contributed by atoms with Crippen molar-refractivity contribution in [1.29, 1.82) is 0 Å². The van der Waals surface area contributed by atoms with Gasteiger partial charge in [0, 0.05) is 24.5 Å². The molecule has 5 atom stereocenters. The van der Waals surface area contributed by atoms with Gasteiger partial charge in [-0.1, -0.05) is 60.7 Å². The molecule has 3 aromatic rings. The number of fused-ring (bicyclic) bond motifs is 16. The summed E-state index contributed by atoms with van der Waals surface area (Å²) < 4.78 is 19.4. The molecule has 3 aromatic carbocycles. The first-order valence-electron chi connectivity index (χ1n) is 15.9. The minimum Gasteiger partial charge on any atom is -0.484 e. The smallest absolute Gasteiger partial charge is 0.326 e. The van der Waals surface area contributed by atoms with Crippen LogP contribution < -0.4 is 26.0 Å². The van der Waals surface area contributed by atoms with Crippen LogP contribution in [0.5, 0.6) is 5.75 Å². The van der Waals surface area contributed by atoms with Gasteiger partial charge in [0.1, 0.15) is 35.7 Å². The predicted molar refractivity (Wildman–Crippen MR) is 181 cm³/mol. The van der Waals surface area contributed by atoms with Crippen molar-refractivity contribution in [1.82, 2.24) is 21.3 Å². The molecule has 49 heavy (non-hydrogen) atoms. The molecular formula is C36H37FN4O7S. The van der Waals surface area contributed by atoms with E-state index in [1.165, 1.54) is 36.0 Å². The predicted octanol–water partition coefficient (Wildman–Crippen LogP) is 2.68. The molecule has 4 amide bonds. The number of carbonyl (C=O) groups excluding carboxylic acids is 4. The van der Waals surface area contributed by atoms with Gasteiger partial charge in [-0.05, 0) is 59.2 Å². The molecule has 1 unspecified atom stereocenters. The molecule has 3 aliphatic rings. The Balaban J connectivity index is 1.48. The van der Waals surface area contributed by atoms with E-state index in [1.54, 1.807) is 54.6 Å². The number of nitrogens with one attached hydrogen (secondary N) is 4. The second-order valence-electron chi connectivity index (χ2n) is 11.9. The highest BCUT2D eigenvalue weighted by molar-refractivity contribution is 8.03. The maximum absolute atomic E-state index is 14.0. The monoisotopic (exact) mass is 688 g/mol. The molecule has 0 saturated heterocycles. The standard InChI is InChI=1S/C36H37FN4O7S/c37-25-12-8-23(9-13-25)18-29-33(43)39-28(17-22-5-2-1-3-6-22)34(44)41-31(36(46)47)19-24-10-14-26(15-11-24)48-21-32(42)38-30(35(45)40-29)20-27-7-4-16-49-27/h1-6,8-16,27-31H,7,17-21H2,(H,38,42)(H,39,43)(H,40,45)(H,41,44)(H,46,47)/t27?,28-,29-,30-,31-/m0/s1. The van der Waals surface area contributed by atoms with Crippen molar-refractivity contribution >= 4 is 41.4 Å². The highest BCUT2D eigenvalue weighted by atomic mass is 32.2. The first-order chi connectivity index (χ1) is 23.6. The lowest BCUT2D eigenvalue weighted by atomic mass is 10.0. The Labute approximate surface area is 287 Å². The lowest BCUT2D eigenvalue weighted by Gasteiger charge is -2.27. The first kappa shape index (κ1) is 35.1. The Hall–Kier alpha value is -5.17. The zero-order chi connectivity index (χ0) is 34.8. The maximum atomic E-state index is 14.0. The van der Waals surface area contributed by atoms with Crippen molar-refractivity contribution in [3.8, 4) is 5.75 Å². The van der Waals surface area contributed by atoms with Gasteiger partial charge >= 0.3 is 5.97 Å². The van der Waals surface area contributed by atoms with Crippen LogP contribution in [0.25, 0.3) is 0 Å². The highest BCUT2D eigenvalue weighted by Gasteiger charge is 2.33. The largest absolute Gasteiger partial charge is 0.484 e. The molecule has 3 aliphatic heterocycles. The molecule has 0 fully saturated rings. The van der Waals surface area contributed by atoms with Gasteiger partial charge in [-0.25, -0.2) is 9.18 Å². The Bertz CT molecular complexity index is 1660. The molecule has 0 aliphatic carbocycles. The normalized spacial score (nSPS) is 23.6. The van der Waals surface area contributed by atoms with Crippen LogP contribution in [0.3, 0.4) is 0 Å². The SMILES string of the molecule is O=C1COc2ccc(cc2)C[C@@H](C(=O)O)NC(=O)[C@H](Cc2ccccc2)NC(=O)[C@H](Cc2ccc(F)cc2)NC(=O)[C@H](CC2CC=CS2)N1. The molecule has 0 spiro atoms. The second-order valence-corrected chi connectivity index (χ2v) is 13.1. The number of rotatable bonds is 7. The van der Waals surface area contributed by atoms with Crippen molar-refractivity contribution in [2.45, 2.75) is 61.5 Å². The van der Waals surface area contributed by atoms with Gasteiger partial charge < -0.3 is 31.1 Å². The third kappa shape index (κ3) is 10.4. The number of allylic oxidation sites excluding steroid dienone is 1. The van der Waals surface area contributed by atoms with Gasteiger partial charge in [-0.2, -0.15) is 0 Å². The molecule has 0 radical (unpaired) electrons. The molecule has 0 saturated carbocycles. The topological polar surface area (TPSA) is 163 Å². The third-order valence-electron chi connectivity index (χ3n) is 8.17. The summed E-state index contributed by atoms with van der Waals surface area (Å²) in [4.78, 5) is 66.9. The highest BCUT2D eigenvalue weighted by Crippen LogP contribution is 2.28. The Morgan fingerprint density at radius 3 is 2.00 bits per heavy atom. The van der Waals surface area contributed by atoms with Crippen molar-refractivity contribution < 1.29 is 38.2 Å². The summed E-state index contributed by atoms with van der Waals surface area (Å²) in [5, 5.41) is 22.7. The van der Waals surface area contributed by atoms with Crippen LogP contribution in [0, 0.1) is 5.82 Å². The molecule has 256 valence electrons. The average molecular weight is 689 g/mol. The fraction of sp³-hybridized carbons (Fsp3) is 0.306. The molecule has 0 aromatic heterocycles. The molecule has 11 nitrogen and oxygen atoms in total. The van der Waals surface area contributed by atoms with Crippen LogP contribution in [0.4, 0.5) is 4.39 Å². The number of carboxylic acid groups (broad SMARTS) is 1. The van der Waals surface area contributed by atoms with Gasteiger partial charge in [0.15, 0.2) is 6.61 Å². The van der Waals surface area contributed by atoms with Crippen LogP contribution >= 0.6 is 11.8 Å². The number of amides is 4. The van der Waals surface area contributed by atoms with Gasteiger partial charge in [-0.15, -0.1) is 11.8 Å². The lowest BCUT2D eigenvalue weighted by molar-refractivity contribution is -0.142. The molecule has 2 bridgehead atoms. The minimum absolute atomic E-state index is 0.0108. The van der Waals surface area contributed by atoms with E-state index in [0.717, 1.165) is 0 Å². The summed E-state index contributed by atoms with van der Waals surface area (Å²) in [6.07, 6.45) is 2.84. The average Bonchev–Trinajstić information content (AvgIpc) is 3.61. The summed E-state index contributed by atoms with van der Waals surface area (Å²) in [5.74, 6) is -4.04. The van der Waals surface area contributed by atoms with Gasteiger partial charge in [0.05, 0.1) is 0 Å². The zero-order valence-corrected chi connectivity index (χ0v) is 27.3. The number of halogens is 1. The van der Waals surface area contributed by atoms with E-state index in [9.17, 15) is 33.5 Å². The van der Waals surface area contributed by atoms with E-state index in [0.29, 0.717) is 28.9 Å². The van der Waals surface area contributed by atoms with Crippen LogP contribution in [0.2, 0.25) is 0 Å². The Kier molecular flexibility index (Phi) is 12.0. The summed E-state index contributed by atoms with van der Waals surface area (Å²) >= 11 is 1.53. The van der Waals surface area contributed by atoms with E-state index >= 15 is 0 Å². The van der Waals surface area contributed by atoms with E-state index < -0.39 is 66.2 Å². The van der Waals surface area contributed by atoms with Crippen molar-refractivity contribution in [3.63, 3.8) is 0 Å². The van der Waals surface area contributed by atoms with Crippen LogP contribution in [-0.4, -0.2) is 70.7 Å². The molecule has 13 heteroatoms. The number of hydrogen-bond donors (Lipinski definition) is 5. The van der Waals surface area contributed by atoms with Crippen molar-refractivity contribution in [2.24, 2.45) is 0 Å². The maximum Gasteiger partial charge on any atom is 0.326 e. The molecule has 3 heterocycles. The number of thioether (sulfide) groups is 1. The van der Waals surface area contributed by atoms with Gasteiger partial charge in [0.25, 0.3) is 5.91 Å². The summed E-state index contributed by atoms with van der Waals surface area (Å²) in [7, 11) is 0. The summed E-state index contributed by atoms with van der Waals surface area (Å²) in [6, 6.07) is 15.9. The van der Waals surface area contributed by atoms with E-state index in [4.69, 9.17) is 4.74 Å². The first-order valence-corrected chi connectivity index (χ1v) is 16.8. The number of carbonyl (C=O) groups is 5. The molecule has 6 rings (SSSR count). The Morgan fingerprint density at radius 2 is 1.39 bits per heavy atom. The number of ether oxygens (including phenoxy) is 1. The van der Waals surface area contributed by atoms with Crippen LogP contribution in [-0.2, 0) is 43.2 Å². The fourth-order valence-electron chi connectivity index (χ4n) is 5.56. The van der Waals surface area contributed by atoms with E-state index in [2.05, 4.69) is 21.3 Å². The molecule has 5 N–H and O–H groups in total. The van der Waals surface area contributed by atoms with Gasteiger partial charge in [-0.3, -0.25) is 19.2 Å². The third-order valence-corrected chi connectivity index (χ3v) is 9.29. The van der Waals surface area contributed by atoms with E-state index in [-0.39, 0.29) is 30.9 Å². The van der Waals surface area contributed by atoms with Gasteiger partial charge in [0.2, 0.25) is 17.7 Å². The zero-order valence-electron chi connectivity index (χ0n) is 26.5. The number of benzene rings is 3. The quantitative estimate of drug-likeness (QED) is 0.237. The van der Waals surface area contributed by atoms with Crippen molar-refractivity contribution in [2.75, 3.05) is 6.61 Å². The fourth-order valence-corrected chi connectivity index (χ4v) is 6.53. The molecular weight excluding hydrogens is 651 g/mol. The van der Waals surface area contributed by atoms with Crippen molar-refractivity contribution in [3.05, 3.63) is 113 Å². The Morgan fingerprint density at radius 1 is 0.776 bits per heavy atom. The number of aliphatic carboxylic acids is 1. The lowest BCUT2D eigenvalue weighted by Crippen LogP contribution is -2.59. The van der Waals surface area contributed by atoms with Crippen LogP contribution in [0.15, 0.2) is 90.3 Å². The van der Waals surface area contributed by atoms with Crippen LogP contribution in [0.1, 0.15) is 29.5 Å². The second kappa shape index (κ2) is 16.8. The number of carboxylic acids is 1. The van der Waals surface area contributed by atoms with E-state index in [1.807, 2.05) is 11.5 Å². The summed E-state index contributed by atoms with van der Waals surface area (Å²) in [5.41, 5.74) is 1.82. The summed E-state index contributed by atoms with van der Waals surface area (Å²) in [6.45, 7) is -0.395. The number of hydrogen-bond acceptors (Lipinski definition) is 7.